The smallest absolute Gasteiger partial charge is 0.135 e. The van der Waals surface area contributed by atoms with Crippen LogP contribution in [0, 0.1) is 10.5 Å². The highest BCUT2D eigenvalue weighted by Crippen LogP contribution is 2.23. The molecular formula is C9H6IO. The summed E-state index contributed by atoms with van der Waals surface area (Å²) in [5.74, 6) is 0.726. The molecule has 2 aromatic rings. The number of hydrogen-bond acceptors (Lipinski definition) is 1. The molecule has 0 saturated carbocycles. The minimum absolute atomic E-state index is 0.726. The lowest BCUT2D eigenvalue weighted by atomic mass is 10.2. The van der Waals surface area contributed by atoms with E-state index in [2.05, 4.69) is 35.6 Å². The van der Waals surface area contributed by atoms with Gasteiger partial charge in [-0.2, -0.15) is 0 Å². The molecule has 0 saturated heterocycles. The Morgan fingerprint density at radius 1 is 1.36 bits per heavy atom. The van der Waals surface area contributed by atoms with Crippen molar-refractivity contribution in [2.45, 2.75) is 0 Å². The Labute approximate surface area is 78.5 Å². The predicted molar refractivity (Wildman–Crippen MR) is 53.4 cm³/mol. The van der Waals surface area contributed by atoms with Crippen LogP contribution < -0.4 is 0 Å². The fourth-order valence-electron chi connectivity index (χ4n) is 1.08. The Morgan fingerprint density at radius 2 is 2.18 bits per heavy atom. The van der Waals surface area contributed by atoms with Crippen molar-refractivity contribution in [3.8, 4) is 0 Å². The molecule has 0 atom stereocenters. The van der Waals surface area contributed by atoms with Gasteiger partial charge in [0.2, 0.25) is 0 Å². The quantitative estimate of drug-likeness (QED) is 0.660. The largest absolute Gasteiger partial charge is 0.461 e. The van der Waals surface area contributed by atoms with Gasteiger partial charge in [0.15, 0.2) is 0 Å². The highest BCUT2D eigenvalue weighted by molar-refractivity contribution is 14.1. The van der Waals surface area contributed by atoms with Gasteiger partial charge in [0.25, 0.3) is 0 Å². The first kappa shape index (κ1) is 7.16. The normalized spacial score (nSPS) is 10.7. The van der Waals surface area contributed by atoms with Crippen LogP contribution in [0.3, 0.4) is 0 Å². The maximum absolute atomic E-state index is 5.33. The lowest BCUT2D eigenvalue weighted by molar-refractivity contribution is 0.595. The molecule has 1 nitrogen and oxygen atoms in total. The zero-order valence-electron chi connectivity index (χ0n) is 5.80. The third-order valence-corrected chi connectivity index (χ3v) is 2.50. The average Bonchev–Trinajstić information content (AvgIpc) is 2.31. The molecule has 2 rings (SSSR count). The minimum atomic E-state index is 0.726. The molecule has 0 amide bonds. The molecule has 1 aromatic heterocycles. The SMILES string of the molecule is [CH2]c1cc2c(I)cccc2o1. The van der Waals surface area contributed by atoms with Crippen LogP contribution in [0.15, 0.2) is 28.7 Å². The second kappa shape index (κ2) is 2.52. The molecule has 0 bridgehead atoms. The van der Waals surface area contributed by atoms with Gasteiger partial charge in [-0.1, -0.05) is 6.07 Å². The number of rotatable bonds is 0. The van der Waals surface area contributed by atoms with Crippen LogP contribution in [0.2, 0.25) is 0 Å². The second-order valence-corrected chi connectivity index (χ2v) is 3.53. The summed E-state index contributed by atoms with van der Waals surface area (Å²) in [4.78, 5) is 0. The molecule has 0 aliphatic carbocycles. The maximum atomic E-state index is 5.33. The maximum Gasteiger partial charge on any atom is 0.135 e. The van der Waals surface area contributed by atoms with E-state index in [9.17, 15) is 0 Å². The second-order valence-electron chi connectivity index (χ2n) is 2.36. The molecule has 0 aliphatic rings. The Bertz CT molecular complexity index is 389. The van der Waals surface area contributed by atoms with Crippen LogP contribution in [-0.2, 0) is 0 Å². The van der Waals surface area contributed by atoms with Crippen molar-refractivity contribution in [3.05, 3.63) is 40.5 Å². The van der Waals surface area contributed by atoms with Crippen LogP contribution in [0.25, 0.3) is 11.0 Å². The van der Waals surface area contributed by atoms with E-state index in [4.69, 9.17) is 4.42 Å². The molecular weight excluding hydrogens is 251 g/mol. The molecule has 0 spiro atoms. The first-order chi connectivity index (χ1) is 5.27. The van der Waals surface area contributed by atoms with E-state index < -0.39 is 0 Å². The van der Waals surface area contributed by atoms with Gasteiger partial charge in [-0.15, -0.1) is 0 Å². The van der Waals surface area contributed by atoms with Crippen LogP contribution in [0.4, 0.5) is 0 Å². The monoisotopic (exact) mass is 257 g/mol. The molecule has 55 valence electrons. The summed E-state index contributed by atoms with van der Waals surface area (Å²) in [6.45, 7) is 3.73. The van der Waals surface area contributed by atoms with Crippen molar-refractivity contribution in [3.63, 3.8) is 0 Å². The highest BCUT2D eigenvalue weighted by atomic mass is 127. The van der Waals surface area contributed by atoms with Crippen LogP contribution in [0.5, 0.6) is 0 Å². The van der Waals surface area contributed by atoms with Gasteiger partial charge in [-0.25, -0.2) is 0 Å². The molecule has 1 heterocycles. The van der Waals surface area contributed by atoms with E-state index in [-0.39, 0.29) is 0 Å². The standard InChI is InChI=1S/C9H6IO/c1-6-5-7-8(10)3-2-4-9(7)11-6/h2-5H,1H2. The summed E-state index contributed by atoms with van der Waals surface area (Å²) < 4.78 is 6.54. The Morgan fingerprint density at radius 3 is 2.91 bits per heavy atom. The van der Waals surface area contributed by atoms with E-state index >= 15 is 0 Å². The van der Waals surface area contributed by atoms with Crippen molar-refractivity contribution in [1.29, 1.82) is 0 Å². The third kappa shape index (κ3) is 1.15. The summed E-state index contributed by atoms with van der Waals surface area (Å²) in [5.41, 5.74) is 0.918. The van der Waals surface area contributed by atoms with Gasteiger partial charge in [-0.3, -0.25) is 0 Å². The van der Waals surface area contributed by atoms with Gasteiger partial charge >= 0.3 is 0 Å². The van der Waals surface area contributed by atoms with Gasteiger partial charge in [-0.05, 0) is 40.8 Å². The summed E-state index contributed by atoms with van der Waals surface area (Å²) in [6, 6.07) is 7.94. The Hall–Kier alpha value is -0.510. The molecule has 0 unspecified atom stereocenters. The Balaban J connectivity index is 2.90. The van der Waals surface area contributed by atoms with Gasteiger partial charge < -0.3 is 4.42 Å². The zero-order chi connectivity index (χ0) is 7.84. The zero-order valence-corrected chi connectivity index (χ0v) is 7.96. The van der Waals surface area contributed by atoms with E-state index in [1.807, 2.05) is 18.2 Å². The third-order valence-electron chi connectivity index (χ3n) is 1.56. The molecule has 1 radical (unpaired) electrons. The number of benzene rings is 1. The molecule has 11 heavy (non-hydrogen) atoms. The molecule has 0 fully saturated rings. The van der Waals surface area contributed by atoms with Gasteiger partial charge in [0, 0.05) is 15.9 Å². The van der Waals surface area contributed by atoms with E-state index in [1.54, 1.807) is 0 Å². The average molecular weight is 257 g/mol. The fourth-order valence-corrected chi connectivity index (χ4v) is 1.71. The topological polar surface area (TPSA) is 13.1 Å². The number of fused-ring (bicyclic) bond motifs is 1. The predicted octanol–water partition coefficient (Wildman–Crippen LogP) is 3.22. The fraction of sp³-hybridized carbons (Fsp3) is 0. The molecule has 0 aliphatic heterocycles. The summed E-state index contributed by atoms with van der Waals surface area (Å²) in [6.07, 6.45) is 0. The number of furan rings is 1. The van der Waals surface area contributed by atoms with Crippen molar-refractivity contribution in [1.82, 2.24) is 0 Å². The lowest BCUT2D eigenvalue weighted by Crippen LogP contribution is -1.68. The van der Waals surface area contributed by atoms with Crippen LogP contribution in [0.1, 0.15) is 5.76 Å². The van der Waals surface area contributed by atoms with Crippen molar-refractivity contribution in [2.24, 2.45) is 0 Å². The Kier molecular flexibility index (Phi) is 1.64. The number of halogens is 1. The first-order valence-corrected chi connectivity index (χ1v) is 4.35. The van der Waals surface area contributed by atoms with E-state index in [0.29, 0.717) is 0 Å². The van der Waals surface area contributed by atoms with Crippen molar-refractivity contribution < 1.29 is 4.42 Å². The number of hydrogen-bond donors (Lipinski definition) is 0. The first-order valence-electron chi connectivity index (χ1n) is 3.27. The molecule has 1 aromatic carbocycles. The van der Waals surface area contributed by atoms with Crippen molar-refractivity contribution in [2.75, 3.05) is 0 Å². The van der Waals surface area contributed by atoms with Crippen LogP contribution in [-0.4, -0.2) is 0 Å². The van der Waals surface area contributed by atoms with E-state index in [0.717, 1.165) is 16.7 Å². The van der Waals surface area contributed by atoms with Crippen LogP contribution >= 0.6 is 22.6 Å². The molecule has 0 N–H and O–H groups in total. The lowest BCUT2D eigenvalue weighted by Gasteiger charge is -1.88. The highest BCUT2D eigenvalue weighted by Gasteiger charge is 2.01. The summed E-state index contributed by atoms with van der Waals surface area (Å²) in [7, 11) is 0. The van der Waals surface area contributed by atoms with Crippen molar-refractivity contribution >= 4 is 33.6 Å². The summed E-state index contributed by atoms with van der Waals surface area (Å²) in [5, 5.41) is 1.15. The molecule has 2 heteroatoms. The summed E-state index contributed by atoms with van der Waals surface area (Å²) >= 11 is 2.28. The minimum Gasteiger partial charge on any atom is -0.461 e. The van der Waals surface area contributed by atoms with Gasteiger partial charge in [0.05, 0.1) is 0 Å². The van der Waals surface area contributed by atoms with E-state index in [1.165, 1.54) is 3.57 Å². The van der Waals surface area contributed by atoms with Gasteiger partial charge in [0.1, 0.15) is 11.3 Å².